The minimum atomic E-state index is -0.517. The van der Waals surface area contributed by atoms with Gasteiger partial charge in [-0.25, -0.2) is 4.79 Å². The van der Waals surface area contributed by atoms with Crippen LogP contribution in [0.3, 0.4) is 0 Å². The fourth-order valence-corrected chi connectivity index (χ4v) is 3.58. The first-order valence-electron chi connectivity index (χ1n) is 8.97. The van der Waals surface area contributed by atoms with E-state index >= 15 is 0 Å². The van der Waals surface area contributed by atoms with Crippen LogP contribution in [0.2, 0.25) is 0 Å². The van der Waals surface area contributed by atoms with Crippen molar-refractivity contribution >= 4 is 33.5 Å². The van der Waals surface area contributed by atoms with Crippen LogP contribution in [0.25, 0.3) is 0 Å². The Morgan fingerprint density at radius 1 is 1.50 bits per heavy atom. The molecule has 1 aliphatic heterocycles. The summed E-state index contributed by atoms with van der Waals surface area (Å²) in [4.78, 5) is 28.8. The molecule has 3 N–H and O–H groups in total. The molecule has 26 heavy (non-hydrogen) atoms. The maximum absolute atomic E-state index is 12.5. The number of carbonyl (C=O) groups is 2. The van der Waals surface area contributed by atoms with Crippen molar-refractivity contribution in [3.05, 3.63) is 34.7 Å². The van der Waals surface area contributed by atoms with Crippen molar-refractivity contribution in [3.63, 3.8) is 0 Å². The lowest BCUT2D eigenvalue weighted by Crippen LogP contribution is -2.26. The summed E-state index contributed by atoms with van der Waals surface area (Å²) in [7, 11) is 0. The molecule has 0 saturated heterocycles. The second-order valence-electron chi connectivity index (χ2n) is 6.67. The number of oxime groups is 1. The van der Waals surface area contributed by atoms with E-state index in [1.54, 1.807) is 0 Å². The molecule has 1 heterocycles. The van der Waals surface area contributed by atoms with Crippen LogP contribution >= 0.6 is 15.9 Å². The molecule has 1 amide bonds. The van der Waals surface area contributed by atoms with Crippen molar-refractivity contribution < 1.29 is 14.4 Å². The minimum Gasteiger partial charge on any atom is -0.396 e. The van der Waals surface area contributed by atoms with Crippen LogP contribution in [0.5, 0.6) is 0 Å². The molecule has 6 nitrogen and oxygen atoms in total. The summed E-state index contributed by atoms with van der Waals surface area (Å²) in [6.07, 6.45) is 8.66. The highest BCUT2D eigenvalue weighted by molar-refractivity contribution is 9.09. The lowest BCUT2D eigenvalue weighted by molar-refractivity contribution is -0.141. The third kappa shape index (κ3) is 4.84. The summed E-state index contributed by atoms with van der Waals surface area (Å²) < 4.78 is 0. The van der Waals surface area contributed by atoms with Crippen molar-refractivity contribution in [3.8, 4) is 0 Å². The lowest BCUT2D eigenvalue weighted by atomic mass is 9.91. The number of unbranched alkanes of at least 4 members (excludes halogenated alkanes) is 2. The Morgan fingerprint density at radius 2 is 2.23 bits per heavy atom. The monoisotopic (exact) mass is 423 g/mol. The molecule has 2 atom stereocenters. The molecule has 0 bridgehead atoms. The highest BCUT2D eigenvalue weighted by Gasteiger charge is 2.33. The molecule has 2 aliphatic rings. The number of nitrogens with two attached hydrogens (primary N) is 1. The van der Waals surface area contributed by atoms with Gasteiger partial charge in [0.15, 0.2) is 0 Å². The molecule has 0 aromatic heterocycles. The van der Waals surface area contributed by atoms with E-state index in [0.29, 0.717) is 17.7 Å². The molecular weight excluding hydrogens is 398 g/mol. The van der Waals surface area contributed by atoms with E-state index in [2.05, 4.69) is 33.3 Å². The van der Waals surface area contributed by atoms with Gasteiger partial charge in [-0.3, -0.25) is 4.79 Å². The first-order chi connectivity index (χ1) is 12.3. The number of nitrogens with zero attached hydrogens (tertiary/aromatic N) is 1. The highest BCUT2D eigenvalue weighted by atomic mass is 79.9. The third-order valence-electron chi connectivity index (χ3n) is 4.48. The van der Waals surface area contributed by atoms with Crippen molar-refractivity contribution in [2.75, 3.05) is 0 Å². The van der Waals surface area contributed by atoms with E-state index in [4.69, 9.17) is 10.6 Å². The Kier molecular flexibility index (Phi) is 7.20. The summed E-state index contributed by atoms with van der Waals surface area (Å²) in [5.41, 5.74) is 9.13. The topological polar surface area (TPSA) is 93.8 Å². The van der Waals surface area contributed by atoms with Crippen LogP contribution in [0, 0.1) is 5.92 Å². The Bertz CT molecular complexity index is 707. The van der Waals surface area contributed by atoms with E-state index in [9.17, 15) is 9.59 Å². The minimum absolute atomic E-state index is 0.0256. The molecule has 0 radical (unpaired) electrons. The molecule has 0 saturated carbocycles. The quantitative estimate of drug-likeness (QED) is 0.164. The normalized spacial score (nSPS) is 22.8. The Morgan fingerprint density at radius 3 is 2.88 bits per heavy atom. The van der Waals surface area contributed by atoms with E-state index in [0.717, 1.165) is 37.0 Å². The van der Waals surface area contributed by atoms with E-state index in [-0.39, 0.29) is 22.3 Å². The maximum Gasteiger partial charge on any atom is 0.331 e. The van der Waals surface area contributed by atoms with Gasteiger partial charge >= 0.3 is 5.97 Å². The zero-order valence-corrected chi connectivity index (χ0v) is 17.1. The number of nitrogens with one attached hydrogen (secondary N) is 1. The zero-order chi connectivity index (χ0) is 19.3. The van der Waals surface area contributed by atoms with Gasteiger partial charge in [0.05, 0.1) is 11.3 Å². The second-order valence-corrected chi connectivity index (χ2v) is 7.85. The average molecular weight is 424 g/mol. The summed E-state index contributed by atoms with van der Waals surface area (Å²) in [5.74, 6) is -0.783. The second kappa shape index (κ2) is 9.16. The highest BCUT2D eigenvalue weighted by Crippen LogP contribution is 2.33. The third-order valence-corrected chi connectivity index (χ3v) is 5.11. The van der Waals surface area contributed by atoms with Gasteiger partial charge in [0.1, 0.15) is 5.71 Å². The number of hydrogen-bond acceptors (Lipinski definition) is 5. The number of rotatable bonds is 7. The van der Waals surface area contributed by atoms with E-state index in [1.165, 1.54) is 6.92 Å². The van der Waals surface area contributed by atoms with Gasteiger partial charge in [0.2, 0.25) is 0 Å². The molecule has 7 heteroatoms. The molecule has 0 fully saturated rings. The van der Waals surface area contributed by atoms with Gasteiger partial charge in [-0.15, -0.1) is 0 Å². The molecule has 0 aromatic rings. The molecule has 0 aromatic carbocycles. The van der Waals surface area contributed by atoms with Gasteiger partial charge in [-0.1, -0.05) is 66.3 Å². The number of allylic oxidation sites excluding steroid dienone is 4. The number of amides is 1. The zero-order valence-electron chi connectivity index (χ0n) is 15.5. The fraction of sp³-hybridized carbons (Fsp3) is 0.526. The first kappa shape index (κ1) is 20.4. The predicted octanol–water partition coefficient (Wildman–Crippen LogP) is 3.44. The van der Waals surface area contributed by atoms with Crippen molar-refractivity contribution in [2.45, 2.75) is 57.7 Å². The Hall–Kier alpha value is -1.89. The van der Waals surface area contributed by atoms with Gasteiger partial charge in [-0.05, 0) is 6.42 Å². The molecule has 2 rings (SSSR count). The average Bonchev–Trinajstić information content (AvgIpc) is 2.89. The van der Waals surface area contributed by atoms with E-state index in [1.807, 2.05) is 19.1 Å². The summed E-state index contributed by atoms with van der Waals surface area (Å²) >= 11 is 3.53. The van der Waals surface area contributed by atoms with Gasteiger partial charge < -0.3 is 15.9 Å². The van der Waals surface area contributed by atoms with Crippen LogP contribution in [-0.4, -0.2) is 22.4 Å². The van der Waals surface area contributed by atoms with Crippen LogP contribution in [0.15, 0.2) is 39.8 Å². The smallest absolute Gasteiger partial charge is 0.331 e. The predicted molar refractivity (Wildman–Crippen MR) is 105 cm³/mol. The number of alkyl halides is 1. The summed E-state index contributed by atoms with van der Waals surface area (Å²) in [6, 6.07) is 0. The van der Waals surface area contributed by atoms with Gasteiger partial charge in [0, 0.05) is 35.4 Å². The first-order valence-corrected chi connectivity index (χ1v) is 9.89. The van der Waals surface area contributed by atoms with Crippen LogP contribution in [-0.2, 0) is 14.4 Å². The fourth-order valence-electron chi connectivity index (χ4n) is 3.10. The molecule has 142 valence electrons. The van der Waals surface area contributed by atoms with E-state index < -0.39 is 5.97 Å². The SMILES string of the molecule is CCCCCC(C)C(=N\OC(C)=O)/C(N)=C1/C(=O)NC2=C1C=CC(Br)C2. The molecule has 2 unspecified atom stereocenters. The number of halogens is 1. The maximum atomic E-state index is 12.5. The summed E-state index contributed by atoms with van der Waals surface area (Å²) in [6.45, 7) is 5.41. The van der Waals surface area contributed by atoms with Crippen molar-refractivity contribution in [2.24, 2.45) is 16.8 Å². The Labute approximate surface area is 162 Å². The standard InChI is InChI=1S/C19H26BrN3O3/c1-4-5-6-7-11(2)18(23-26-12(3)24)17(21)16-14-9-8-13(20)10-15(14)22-19(16)25/h8-9,11,13H,4-7,10,21H2,1-3H3,(H,22,25)/b17-16-,23-18+. The molecule has 1 aliphatic carbocycles. The van der Waals surface area contributed by atoms with Gasteiger partial charge in [-0.2, -0.15) is 0 Å². The lowest BCUT2D eigenvalue weighted by Gasteiger charge is -2.17. The number of carbonyl (C=O) groups excluding carboxylic acids is 2. The summed E-state index contributed by atoms with van der Waals surface area (Å²) in [5, 5.41) is 6.87. The molecular formula is C19H26BrN3O3. The molecule has 0 spiro atoms. The number of hydrogen-bond donors (Lipinski definition) is 2. The van der Waals surface area contributed by atoms with Crippen LogP contribution in [0.4, 0.5) is 0 Å². The van der Waals surface area contributed by atoms with Crippen LogP contribution < -0.4 is 11.1 Å². The van der Waals surface area contributed by atoms with Crippen molar-refractivity contribution in [1.29, 1.82) is 0 Å². The van der Waals surface area contributed by atoms with Gasteiger partial charge in [0.25, 0.3) is 5.91 Å². The Balaban J connectivity index is 2.38. The largest absolute Gasteiger partial charge is 0.396 e. The van der Waals surface area contributed by atoms with Crippen molar-refractivity contribution in [1.82, 2.24) is 5.32 Å². The van der Waals surface area contributed by atoms with Crippen LogP contribution in [0.1, 0.15) is 52.9 Å².